The molecule has 0 aliphatic carbocycles. The lowest BCUT2D eigenvalue weighted by Crippen LogP contribution is -2.50. The molecule has 1 saturated heterocycles. The van der Waals surface area contributed by atoms with Crippen LogP contribution < -0.4 is 5.56 Å². The number of fused-ring (bicyclic) bond motifs is 1. The van der Waals surface area contributed by atoms with E-state index in [-0.39, 0.29) is 23.6 Å². The number of carbonyl (C=O) groups excluding carboxylic acids is 1. The first kappa shape index (κ1) is 16.9. The highest BCUT2D eigenvalue weighted by molar-refractivity contribution is 5.68. The highest BCUT2D eigenvalue weighted by atomic mass is 16.5. The molecule has 26 heavy (non-hydrogen) atoms. The number of piperidine rings is 1. The average Bonchev–Trinajstić information content (AvgIpc) is 3.26. The highest BCUT2D eigenvalue weighted by Crippen LogP contribution is 2.33. The van der Waals surface area contributed by atoms with Crippen LogP contribution in [0.5, 0.6) is 0 Å². The van der Waals surface area contributed by atoms with Gasteiger partial charge in [-0.25, -0.2) is 4.79 Å². The summed E-state index contributed by atoms with van der Waals surface area (Å²) in [6, 6.07) is 9.98. The van der Waals surface area contributed by atoms with E-state index >= 15 is 0 Å². The Hall–Kier alpha value is -2.54. The van der Waals surface area contributed by atoms with Crippen LogP contribution in [0, 0.1) is 0 Å². The molecular weight excluding hydrogens is 334 g/mol. The summed E-state index contributed by atoms with van der Waals surface area (Å²) < 4.78 is 10.3. The lowest BCUT2D eigenvalue weighted by molar-refractivity contribution is 0.0651. The fourth-order valence-electron chi connectivity index (χ4n) is 4.17. The van der Waals surface area contributed by atoms with Crippen molar-refractivity contribution in [3.8, 4) is 0 Å². The molecule has 0 radical (unpaired) electrons. The van der Waals surface area contributed by atoms with Gasteiger partial charge in [-0.15, -0.1) is 0 Å². The van der Waals surface area contributed by atoms with E-state index in [9.17, 15) is 9.59 Å². The van der Waals surface area contributed by atoms with Crippen LogP contribution >= 0.6 is 0 Å². The van der Waals surface area contributed by atoms with Gasteiger partial charge in [-0.3, -0.25) is 9.69 Å². The quantitative estimate of drug-likeness (QED) is 0.912. The summed E-state index contributed by atoms with van der Waals surface area (Å²) in [6.45, 7) is 3.16. The van der Waals surface area contributed by atoms with Gasteiger partial charge in [-0.1, -0.05) is 24.3 Å². The molecule has 2 aliphatic rings. The topological polar surface area (TPSA) is 78.8 Å². The van der Waals surface area contributed by atoms with Gasteiger partial charge in [0.1, 0.15) is 5.76 Å². The van der Waals surface area contributed by atoms with E-state index < -0.39 is 0 Å². The van der Waals surface area contributed by atoms with Gasteiger partial charge in [-0.2, -0.15) is 5.16 Å². The standard InChI is InChI=1S/C19H23N3O4/c1-25-19(24)22-7-6-13(17-9-18(23)20-26-17)8-16(22)12-21-10-14-4-2-3-5-15(14)11-21/h2-5,9,13,16H,6-8,10-12H2,1H3,(H,20,23)/t13-,16-/m0/s1. The fraction of sp³-hybridized carbons (Fsp3) is 0.474. The summed E-state index contributed by atoms with van der Waals surface area (Å²) in [5.74, 6) is 0.805. The smallest absolute Gasteiger partial charge is 0.409 e. The number of aromatic nitrogens is 1. The number of aromatic amines is 1. The first-order valence-electron chi connectivity index (χ1n) is 8.96. The van der Waals surface area contributed by atoms with E-state index in [2.05, 4.69) is 34.3 Å². The average molecular weight is 357 g/mol. The molecule has 1 aromatic carbocycles. The zero-order valence-electron chi connectivity index (χ0n) is 14.8. The van der Waals surface area contributed by atoms with Gasteiger partial charge in [0.15, 0.2) is 0 Å². The Morgan fingerprint density at radius 2 is 2.04 bits per heavy atom. The zero-order valence-corrected chi connectivity index (χ0v) is 14.8. The first-order valence-corrected chi connectivity index (χ1v) is 8.96. The summed E-state index contributed by atoms with van der Waals surface area (Å²) in [5, 5.41) is 2.36. The lowest BCUT2D eigenvalue weighted by atomic mass is 9.89. The first-order chi connectivity index (χ1) is 12.6. The summed E-state index contributed by atoms with van der Waals surface area (Å²) in [6.07, 6.45) is 1.22. The Kier molecular flexibility index (Phi) is 4.55. The van der Waals surface area contributed by atoms with Gasteiger partial charge in [-0.05, 0) is 24.0 Å². The molecule has 3 heterocycles. The van der Waals surface area contributed by atoms with Crippen LogP contribution in [0.3, 0.4) is 0 Å². The minimum absolute atomic E-state index is 0.0238. The number of carbonyl (C=O) groups is 1. The minimum Gasteiger partial charge on any atom is -0.453 e. The van der Waals surface area contributed by atoms with Gasteiger partial charge in [0.25, 0.3) is 5.56 Å². The molecule has 0 unspecified atom stereocenters. The van der Waals surface area contributed by atoms with Gasteiger partial charge in [0, 0.05) is 44.2 Å². The van der Waals surface area contributed by atoms with Crippen molar-refractivity contribution < 1.29 is 14.1 Å². The number of rotatable bonds is 3. The van der Waals surface area contributed by atoms with Crippen molar-refractivity contribution in [2.45, 2.75) is 37.9 Å². The zero-order chi connectivity index (χ0) is 18.1. The Morgan fingerprint density at radius 1 is 1.31 bits per heavy atom. The number of likely N-dealkylation sites (tertiary alicyclic amines) is 1. The SMILES string of the molecule is COC(=O)N1CC[C@H](c2cc(=O)[nH]o2)C[C@H]1CN1Cc2ccccc2C1. The second kappa shape index (κ2) is 6.99. The summed E-state index contributed by atoms with van der Waals surface area (Å²) >= 11 is 0. The summed E-state index contributed by atoms with van der Waals surface area (Å²) in [7, 11) is 1.42. The maximum Gasteiger partial charge on any atom is 0.409 e. The second-order valence-electron chi connectivity index (χ2n) is 7.09. The predicted molar refractivity (Wildman–Crippen MR) is 94.8 cm³/mol. The number of ether oxygens (including phenoxy) is 1. The number of hydrogen-bond acceptors (Lipinski definition) is 5. The number of amides is 1. The molecule has 0 spiro atoms. The number of H-pyrrole nitrogens is 1. The summed E-state index contributed by atoms with van der Waals surface area (Å²) in [5.41, 5.74) is 2.48. The van der Waals surface area contributed by atoms with E-state index in [1.807, 2.05) is 4.90 Å². The van der Waals surface area contributed by atoms with Crippen molar-refractivity contribution in [2.24, 2.45) is 0 Å². The van der Waals surface area contributed by atoms with Crippen molar-refractivity contribution in [2.75, 3.05) is 20.2 Å². The van der Waals surface area contributed by atoms with Crippen LogP contribution in [-0.2, 0) is 17.8 Å². The number of nitrogens with zero attached hydrogens (tertiary/aromatic N) is 2. The third-order valence-corrected chi connectivity index (χ3v) is 5.45. The Bertz CT molecular complexity index is 818. The third kappa shape index (κ3) is 3.26. The Balaban J connectivity index is 1.49. The molecule has 7 heteroatoms. The van der Waals surface area contributed by atoms with Crippen molar-refractivity contribution in [1.82, 2.24) is 15.0 Å². The summed E-state index contributed by atoms with van der Waals surface area (Å²) in [4.78, 5) is 27.8. The third-order valence-electron chi connectivity index (χ3n) is 5.45. The molecule has 7 nitrogen and oxygen atoms in total. The molecule has 2 aliphatic heterocycles. The van der Waals surface area contributed by atoms with Gasteiger partial charge in [0.2, 0.25) is 0 Å². The largest absolute Gasteiger partial charge is 0.453 e. The van der Waals surface area contributed by atoms with Crippen LogP contribution in [0.4, 0.5) is 4.79 Å². The fourth-order valence-corrected chi connectivity index (χ4v) is 4.17. The molecule has 1 fully saturated rings. The van der Waals surface area contributed by atoms with Crippen LogP contribution in [0.15, 0.2) is 39.6 Å². The van der Waals surface area contributed by atoms with Crippen molar-refractivity contribution in [3.05, 3.63) is 57.6 Å². The van der Waals surface area contributed by atoms with Crippen LogP contribution in [0.1, 0.15) is 35.6 Å². The highest BCUT2D eigenvalue weighted by Gasteiger charge is 2.36. The van der Waals surface area contributed by atoms with E-state index in [1.54, 1.807) is 0 Å². The number of nitrogens with one attached hydrogen (secondary N) is 1. The molecular formula is C19H23N3O4. The minimum atomic E-state index is -0.291. The normalized spacial score (nSPS) is 23.0. The van der Waals surface area contributed by atoms with Crippen molar-refractivity contribution in [1.29, 1.82) is 0 Å². The maximum absolute atomic E-state index is 12.2. The van der Waals surface area contributed by atoms with Gasteiger partial charge < -0.3 is 14.2 Å². The molecule has 0 saturated carbocycles. The molecule has 1 amide bonds. The van der Waals surface area contributed by atoms with E-state index in [1.165, 1.54) is 24.3 Å². The van der Waals surface area contributed by atoms with E-state index in [0.29, 0.717) is 12.3 Å². The number of hydrogen-bond donors (Lipinski definition) is 1. The van der Waals surface area contributed by atoms with Crippen LogP contribution in [-0.4, -0.2) is 47.3 Å². The lowest BCUT2D eigenvalue weighted by Gasteiger charge is -2.39. The van der Waals surface area contributed by atoms with Crippen LogP contribution in [0.25, 0.3) is 0 Å². The van der Waals surface area contributed by atoms with Gasteiger partial charge in [0.05, 0.1) is 7.11 Å². The predicted octanol–water partition coefficient (Wildman–Crippen LogP) is 2.30. The molecule has 2 atom stereocenters. The van der Waals surface area contributed by atoms with Gasteiger partial charge >= 0.3 is 6.09 Å². The molecule has 2 aromatic rings. The molecule has 1 N–H and O–H groups in total. The number of benzene rings is 1. The molecule has 138 valence electrons. The Morgan fingerprint density at radius 3 is 2.65 bits per heavy atom. The monoisotopic (exact) mass is 357 g/mol. The molecule has 4 rings (SSSR count). The number of methoxy groups -OCH3 is 1. The van der Waals surface area contributed by atoms with E-state index in [0.717, 1.165) is 32.5 Å². The van der Waals surface area contributed by atoms with Crippen molar-refractivity contribution >= 4 is 6.09 Å². The molecule has 1 aromatic heterocycles. The van der Waals surface area contributed by atoms with E-state index in [4.69, 9.17) is 9.26 Å². The Labute approximate surface area is 151 Å². The second-order valence-corrected chi connectivity index (χ2v) is 7.09. The van der Waals surface area contributed by atoms with Crippen LogP contribution in [0.2, 0.25) is 0 Å². The van der Waals surface area contributed by atoms with Crippen molar-refractivity contribution in [3.63, 3.8) is 0 Å². The molecule has 0 bridgehead atoms. The maximum atomic E-state index is 12.2.